The molecule has 2 aromatic carbocycles. The Morgan fingerprint density at radius 3 is 2.45 bits per heavy atom. The predicted octanol–water partition coefficient (Wildman–Crippen LogP) is 4.62. The lowest BCUT2D eigenvalue weighted by Gasteiger charge is -2.52. The monoisotopic (exact) mass is 451 g/mol. The highest BCUT2D eigenvalue weighted by Gasteiger charge is 2.49. The first kappa shape index (κ1) is 23.2. The number of fused-ring (bicyclic) bond motifs is 1. The van der Waals surface area contributed by atoms with E-state index in [9.17, 15) is 9.90 Å². The van der Waals surface area contributed by atoms with Crippen LogP contribution in [0.25, 0.3) is 6.08 Å². The lowest BCUT2D eigenvalue weighted by molar-refractivity contribution is -0.150. The molecule has 2 aromatic rings. The molecule has 6 nitrogen and oxygen atoms in total. The molecule has 1 heterocycles. The lowest BCUT2D eigenvalue weighted by Crippen LogP contribution is -2.56. The van der Waals surface area contributed by atoms with E-state index in [1.54, 1.807) is 33.5 Å². The van der Waals surface area contributed by atoms with E-state index in [0.29, 0.717) is 24.5 Å². The lowest BCUT2D eigenvalue weighted by atomic mass is 9.66. The van der Waals surface area contributed by atoms with Crippen LogP contribution in [0.3, 0.4) is 0 Å². The molecule has 0 bridgehead atoms. The Hall–Kier alpha value is -2.99. The third kappa shape index (κ3) is 4.71. The molecule has 3 atom stereocenters. The molecule has 1 aliphatic carbocycles. The zero-order valence-corrected chi connectivity index (χ0v) is 19.6. The minimum absolute atomic E-state index is 0.0202. The standard InChI is InChI=1S/C27H33NO5/c1-31-21-11-9-20(10-12-21)26-22-6-4-5-15-27(22,30)16-17-28(26)25(29)14-8-19-7-13-23(32-2)24(18-19)33-3/h7-14,18,22,26,30H,4-6,15-17H2,1-3H3/b14-8+. The van der Waals surface area contributed by atoms with E-state index in [2.05, 4.69) is 0 Å². The van der Waals surface area contributed by atoms with E-state index in [1.165, 1.54) is 0 Å². The van der Waals surface area contributed by atoms with Gasteiger partial charge < -0.3 is 24.2 Å². The largest absolute Gasteiger partial charge is 0.497 e. The van der Waals surface area contributed by atoms with Crippen molar-refractivity contribution < 1.29 is 24.1 Å². The highest BCUT2D eigenvalue weighted by Crippen LogP contribution is 2.49. The summed E-state index contributed by atoms with van der Waals surface area (Å²) >= 11 is 0. The first-order valence-electron chi connectivity index (χ1n) is 11.6. The van der Waals surface area contributed by atoms with Gasteiger partial charge in [0.15, 0.2) is 11.5 Å². The molecule has 2 aliphatic rings. The number of piperidine rings is 1. The maximum atomic E-state index is 13.4. The van der Waals surface area contributed by atoms with E-state index in [-0.39, 0.29) is 17.9 Å². The van der Waals surface area contributed by atoms with Gasteiger partial charge in [0.2, 0.25) is 5.91 Å². The summed E-state index contributed by atoms with van der Waals surface area (Å²) in [6.07, 6.45) is 7.85. The minimum Gasteiger partial charge on any atom is -0.497 e. The molecule has 1 N–H and O–H groups in total. The van der Waals surface area contributed by atoms with Crippen molar-refractivity contribution in [1.82, 2.24) is 4.90 Å². The Morgan fingerprint density at radius 2 is 1.76 bits per heavy atom. The van der Waals surface area contributed by atoms with Crippen LogP contribution in [0.15, 0.2) is 48.5 Å². The number of hydrogen-bond acceptors (Lipinski definition) is 5. The normalized spacial score (nSPS) is 24.9. The quantitative estimate of drug-likeness (QED) is 0.649. The SMILES string of the molecule is COc1ccc(C2C3CCCCC3(O)CCN2C(=O)/C=C/c2ccc(OC)c(OC)c2)cc1. The van der Waals surface area contributed by atoms with Crippen molar-refractivity contribution in [3.8, 4) is 17.2 Å². The fourth-order valence-electron chi connectivity index (χ4n) is 5.36. The van der Waals surface area contributed by atoms with Gasteiger partial charge in [-0.15, -0.1) is 0 Å². The maximum absolute atomic E-state index is 13.4. The van der Waals surface area contributed by atoms with Crippen molar-refractivity contribution in [3.63, 3.8) is 0 Å². The molecule has 1 aliphatic heterocycles. The Balaban J connectivity index is 1.62. The van der Waals surface area contributed by atoms with E-state index < -0.39 is 5.60 Å². The molecule has 1 saturated heterocycles. The van der Waals surface area contributed by atoms with Crippen LogP contribution in [0.4, 0.5) is 0 Å². The van der Waals surface area contributed by atoms with Crippen molar-refractivity contribution in [1.29, 1.82) is 0 Å². The summed E-state index contributed by atoms with van der Waals surface area (Å²) in [6, 6.07) is 13.3. The van der Waals surface area contributed by atoms with Gasteiger partial charge in [0, 0.05) is 18.5 Å². The molecule has 3 unspecified atom stereocenters. The Labute approximate surface area is 195 Å². The number of nitrogens with zero attached hydrogens (tertiary/aromatic N) is 1. The third-order valence-electron chi connectivity index (χ3n) is 7.13. The summed E-state index contributed by atoms with van der Waals surface area (Å²) in [5.41, 5.74) is 1.18. The summed E-state index contributed by atoms with van der Waals surface area (Å²) < 4.78 is 16.0. The van der Waals surface area contributed by atoms with Crippen LogP contribution < -0.4 is 14.2 Å². The molecule has 0 aromatic heterocycles. The van der Waals surface area contributed by atoms with Crippen LogP contribution in [-0.4, -0.2) is 49.4 Å². The van der Waals surface area contributed by atoms with Gasteiger partial charge in [-0.25, -0.2) is 0 Å². The highest BCUT2D eigenvalue weighted by molar-refractivity contribution is 5.92. The van der Waals surface area contributed by atoms with E-state index in [0.717, 1.165) is 42.6 Å². The molecule has 0 radical (unpaired) electrons. The van der Waals surface area contributed by atoms with Gasteiger partial charge in [-0.1, -0.05) is 31.0 Å². The van der Waals surface area contributed by atoms with Crippen molar-refractivity contribution in [2.24, 2.45) is 5.92 Å². The molecule has 6 heteroatoms. The minimum atomic E-state index is -0.716. The summed E-state index contributed by atoms with van der Waals surface area (Å²) in [5, 5.41) is 11.4. The number of methoxy groups -OCH3 is 3. The van der Waals surface area contributed by atoms with Crippen LogP contribution in [0, 0.1) is 5.92 Å². The molecule has 1 amide bonds. The van der Waals surface area contributed by atoms with Crippen molar-refractivity contribution in [2.45, 2.75) is 43.7 Å². The number of rotatable bonds is 6. The van der Waals surface area contributed by atoms with Gasteiger partial charge in [-0.05, 0) is 60.7 Å². The number of aliphatic hydroxyl groups is 1. The number of amides is 1. The highest BCUT2D eigenvalue weighted by atomic mass is 16.5. The summed E-state index contributed by atoms with van der Waals surface area (Å²) in [7, 11) is 4.83. The Bertz CT molecular complexity index is 1000. The van der Waals surface area contributed by atoms with Crippen LogP contribution in [-0.2, 0) is 4.79 Å². The van der Waals surface area contributed by atoms with Gasteiger partial charge in [0.05, 0.1) is 33.0 Å². The molecule has 0 spiro atoms. The molecule has 176 valence electrons. The van der Waals surface area contributed by atoms with Crippen molar-refractivity contribution in [2.75, 3.05) is 27.9 Å². The van der Waals surface area contributed by atoms with Crippen LogP contribution in [0.5, 0.6) is 17.2 Å². The third-order valence-corrected chi connectivity index (χ3v) is 7.13. The predicted molar refractivity (Wildman–Crippen MR) is 128 cm³/mol. The fourth-order valence-corrected chi connectivity index (χ4v) is 5.36. The van der Waals surface area contributed by atoms with Gasteiger partial charge in [0.25, 0.3) is 0 Å². The second-order valence-electron chi connectivity index (χ2n) is 8.90. The molecule has 33 heavy (non-hydrogen) atoms. The average molecular weight is 452 g/mol. The fraction of sp³-hybridized carbons (Fsp3) is 0.444. The Kier molecular flexibility index (Phi) is 6.94. The van der Waals surface area contributed by atoms with Crippen LogP contribution >= 0.6 is 0 Å². The summed E-state index contributed by atoms with van der Waals surface area (Å²) in [5.74, 6) is 2.01. The summed E-state index contributed by atoms with van der Waals surface area (Å²) in [4.78, 5) is 15.3. The topological polar surface area (TPSA) is 68.2 Å². The van der Waals surface area contributed by atoms with Gasteiger partial charge >= 0.3 is 0 Å². The maximum Gasteiger partial charge on any atom is 0.247 e. The second kappa shape index (κ2) is 9.87. The number of carbonyl (C=O) groups is 1. The van der Waals surface area contributed by atoms with Gasteiger partial charge in [-0.3, -0.25) is 4.79 Å². The van der Waals surface area contributed by atoms with E-state index in [1.807, 2.05) is 47.4 Å². The van der Waals surface area contributed by atoms with Crippen molar-refractivity contribution in [3.05, 3.63) is 59.7 Å². The first-order chi connectivity index (χ1) is 16.0. The van der Waals surface area contributed by atoms with Gasteiger partial charge in [0.1, 0.15) is 5.75 Å². The average Bonchev–Trinajstić information content (AvgIpc) is 2.86. The first-order valence-corrected chi connectivity index (χ1v) is 11.6. The smallest absolute Gasteiger partial charge is 0.247 e. The molecular formula is C27H33NO5. The molecule has 4 rings (SSSR count). The second-order valence-corrected chi connectivity index (χ2v) is 8.90. The number of hydrogen-bond donors (Lipinski definition) is 1. The summed E-state index contributed by atoms with van der Waals surface area (Å²) in [6.45, 7) is 0.527. The number of likely N-dealkylation sites (tertiary alicyclic amines) is 1. The number of ether oxygens (including phenoxy) is 3. The van der Waals surface area contributed by atoms with Crippen molar-refractivity contribution >= 4 is 12.0 Å². The number of carbonyl (C=O) groups excluding carboxylic acids is 1. The Morgan fingerprint density at radius 1 is 1.00 bits per heavy atom. The van der Waals surface area contributed by atoms with E-state index >= 15 is 0 Å². The molecule has 1 saturated carbocycles. The van der Waals surface area contributed by atoms with E-state index in [4.69, 9.17) is 14.2 Å². The zero-order chi connectivity index (χ0) is 23.4. The van der Waals surface area contributed by atoms with Crippen LogP contribution in [0.1, 0.15) is 49.3 Å². The zero-order valence-electron chi connectivity index (χ0n) is 19.6. The molecular weight excluding hydrogens is 418 g/mol. The number of benzene rings is 2. The molecule has 2 fully saturated rings. The van der Waals surface area contributed by atoms with Gasteiger partial charge in [-0.2, -0.15) is 0 Å². The van der Waals surface area contributed by atoms with Crippen LogP contribution in [0.2, 0.25) is 0 Å².